The Bertz CT molecular complexity index is 912. The van der Waals surface area contributed by atoms with Crippen LogP contribution in [0.3, 0.4) is 0 Å². The van der Waals surface area contributed by atoms with Gasteiger partial charge >= 0.3 is 0 Å². The SMILES string of the molecule is O=C(Nc1cccc(CNCc2cccc(Cl)c2)c1)c1ccccc1Cl. The number of anilines is 1. The molecular weight excluding hydrogens is 367 g/mol. The molecule has 3 aromatic carbocycles. The lowest BCUT2D eigenvalue weighted by molar-refractivity contribution is 0.102. The van der Waals surface area contributed by atoms with Gasteiger partial charge in [0.1, 0.15) is 0 Å². The summed E-state index contributed by atoms with van der Waals surface area (Å²) in [4.78, 5) is 12.4. The van der Waals surface area contributed by atoms with Crippen molar-refractivity contribution in [1.82, 2.24) is 5.32 Å². The maximum absolute atomic E-state index is 12.4. The Kier molecular flexibility index (Phi) is 6.29. The fraction of sp³-hybridized carbons (Fsp3) is 0.0952. The predicted octanol–water partition coefficient (Wildman–Crippen LogP) is 5.54. The number of rotatable bonds is 6. The summed E-state index contributed by atoms with van der Waals surface area (Å²) in [6.45, 7) is 1.40. The van der Waals surface area contributed by atoms with E-state index in [4.69, 9.17) is 23.2 Å². The molecule has 0 spiro atoms. The quantitative estimate of drug-likeness (QED) is 0.585. The van der Waals surface area contributed by atoms with Gasteiger partial charge < -0.3 is 10.6 Å². The first-order valence-corrected chi connectivity index (χ1v) is 8.97. The molecule has 132 valence electrons. The molecule has 0 aromatic heterocycles. The predicted molar refractivity (Wildman–Crippen MR) is 108 cm³/mol. The fourth-order valence-corrected chi connectivity index (χ4v) is 3.04. The number of halogens is 2. The lowest BCUT2D eigenvalue weighted by atomic mass is 10.1. The smallest absolute Gasteiger partial charge is 0.257 e. The van der Waals surface area contributed by atoms with Gasteiger partial charge in [-0.05, 0) is 47.5 Å². The van der Waals surface area contributed by atoms with Gasteiger partial charge in [0.05, 0.1) is 10.6 Å². The van der Waals surface area contributed by atoms with E-state index in [1.807, 2.05) is 48.5 Å². The van der Waals surface area contributed by atoms with Crippen molar-refractivity contribution in [2.45, 2.75) is 13.1 Å². The lowest BCUT2D eigenvalue weighted by Crippen LogP contribution is -2.14. The van der Waals surface area contributed by atoms with Gasteiger partial charge in [0.15, 0.2) is 0 Å². The average molecular weight is 385 g/mol. The number of hydrogen-bond donors (Lipinski definition) is 2. The second kappa shape index (κ2) is 8.86. The standard InChI is InChI=1S/C21H18Cl2N2O/c22-17-7-3-5-15(11-17)13-24-14-16-6-4-8-18(12-16)25-21(26)19-9-1-2-10-20(19)23/h1-12,24H,13-14H2,(H,25,26). The summed E-state index contributed by atoms with van der Waals surface area (Å²) in [5.41, 5.74) is 3.39. The van der Waals surface area contributed by atoms with Crippen LogP contribution in [0.5, 0.6) is 0 Å². The molecule has 0 heterocycles. The molecule has 0 aliphatic heterocycles. The van der Waals surface area contributed by atoms with Crippen LogP contribution in [0.15, 0.2) is 72.8 Å². The molecule has 1 amide bonds. The van der Waals surface area contributed by atoms with Crippen molar-refractivity contribution in [2.75, 3.05) is 5.32 Å². The van der Waals surface area contributed by atoms with E-state index in [1.54, 1.807) is 24.3 Å². The second-order valence-corrected chi connectivity index (χ2v) is 6.71. The maximum Gasteiger partial charge on any atom is 0.257 e. The third-order valence-electron chi connectivity index (χ3n) is 3.85. The van der Waals surface area contributed by atoms with E-state index in [9.17, 15) is 4.79 Å². The van der Waals surface area contributed by atoms with Crippen LogP contribution >= 0.6 is 23.2 Å². The van der Waals surface area contributed by atoms with Gasteiger partial charge in [0, 0.05) is 23.8 Å². The normalized spacial score (nSPS) is 10.5. The van der Waals surface area contributed by atoms with E-state index in [0.29, 0.717) is 17.1 Å². The molecule has 0 saturated heterocycles. The molecule has 3 nitrogen and oxygen atoms in total. The van der Waals surface area contributed by atoms with Crippen molar-refractivity contribution < 1.29 is 4.79 Å². The monoisotopic (exact) mass is 384 g/mol. The van der Waals surface area contributed by atoms with Gasteiger partial charge in [0.25, 0.3) is 5.91 Å². The second-order valence-electron chi connectivity index (χ2n) is 5.87. The lowest BCUT2D eigenvalue weighted by Gasteiger charge is -2.10. The highest BCUT2D eigenvalue weighted by Crippen LogP contribution is 2.18. The highest BCUT2D eigenvalue weighted by atomic mass is 35.5. The van der Waals surface area contributed by atoms with Crippen molar-refractivity contribution in [1.29, 1.82) is 0 Å². The summed E-state index contributed by atoms with van der Waals surface area (Å²) in [6, 6.07) is 22.5. The van der Waals surface area contributed by atoms with Crippen LogP contribution in [-0.2, 0) is 13.1 Å². The summed E-state index contributed by atoms with van der Waals surface area (Å²) in [5.74, 6) is -0.223. The van der Waals surface area contributed by atoms with E-state index < -0.39 is 0 Å². The minimum absolute atomic E-state index is 0.223. The molecule has 2 N–H and O–H groups in total. The Morgan fingerprint density at radius 2 is 1.50 bits per heavy atom. The first-order chi connectivity index (χ1) is 12.6. The molecule has 0 fully saturated rings. The zero-order valence-corrected chi connectivity index (χ0v) is 15.5. The first kappa shape index (κ1) is 18.5. The summed E-state index contributed by atoms with van der Waals surface area (Å²) in [7, 11) is 0. The highest BCUT2D eigenvalue weighted by molar-refractivity contribution is 6.34. The van der Waals surface area contributed by atoms with Crippen molar-refractivity contribution in [3.63, 3.8) is 0 Å². The Morgan fingerprint density at radius 3 is 2.23 bits per heavy atom. The summed E-state index contributed by atoms with van der Waals surface area (Å²) < 4.78 is 0. The number of carbonyl (C=O) groups is 1. The Morgan fingerprint density at radius 1 is 0.808 bits per heavy atom. The number of benzene rings is 3. The van der Waals surface area contributed by atoms with E-state index in [-0.39, 0.29) is 5.91 Å². The maximum atomic E-state index is 12.4. The summed E-state index contributed by atoms with van der Waals surface area (Å²) >= 11 is 12.1. The van der Waals surface area contributed by atoms with E-state index >= 15 is 0 Å². The molecule has 26 heavy (non-hydrogen) atoms. The minimum atomic E-state index is -0.223. The molecule has 0 aliphatic carbocycles. The van der Waals surface area contributed by atoms with Gasteiger partial charge in [-0.2, -0.15) is 0 Å². The van der Waals surface area contributed by atoms with Gasteiger partial charge in [-0.3, -0.25) is 4.79 Å². The molecule has 0 saturated carbocycles. The van der Waals surface area contributed by atoms with Crippen molar-refractivity contribution >= 4 is 34.8 Å². The number of carbonyl (C=O) groups excluding carboxylic acids is 1. The molecule has 3 aromatic rings. The van der Waals surface area contributed by atoms with Crippen LogP contribution < -0.4 is 10.6 Å². The van der Waals surface area contributed by atoms with Crippen LogP contribution in [0.4, 0.5) is 5.69 Å². The third kappa shape index (κ3) is 5.09. The van der Waals surface area contributed by atoms with Gasteiger partial charge in [-0.1, -0.05) is 59.6 Å². The van der Waals surface area contributed by atoms with E-state index in [1.165, 1.54) is 0 Å². The third-order valence-corrected chi connectivity index (χ3v) is 4.42. The van der Waals surface area contributed by atoms with Gasteiger partial charge in [0.2, 0.25) is 0 Å². The molecule has 3 rings (SSSR count). The minimum Gasteiger partial charge on any atom is -0.322 e. The van der Waals surface area contributed by atoms with Crippen molar-refractivity contribution in [2.24, 2.45) is 0 Å². The van der Waals surface area contributed by atoms with Gasteiger partial charge in [-0.15, -0.1) is 0 Å². The summed E-state index contributed by atoms with van der Waals surface area (Å²) in [5, 5.41) is 7.43. The van der Waals surface area contributed by atoms with Crippen LogP contribution in [0.25, 0.3) is 0 Å². The highest BCUT2D eigenvalue weighted by Gasteiger charge is 2.09. The van der Waals surface area contributed by atoms with Crippen molar-refractivity contribution in [3.8, 4) is 0 Å². The molecular formula is C21H18Cl2N2O. The Hall–Kier alpha value is -2.33. The largest absolute Gasteiger partial charge is 0.322 e. The fourth-order valence-electron chi connectivity index (χ4n) is 2.60. The van der Waals surface area contributed by atoms with Crippen LogP contribution in [0.2, 0.25) is 10.0 Å². The molecule has 0 radical (unpaired) electrons. The molecule has 0 atom stereocenters. The summed E-state index contributed by atoms with van der Waals surface area (Å²) in [6.07, 6.45) is 0. The van der Waals surface area contributed by atoms with E-state index in [0.717, 1.165) is 28.4 Å². The van der Waals surface area contributed by atoms with E-state index in [2.05, 4.69) is 10.6 Å². The zero-order valence-electron chi connectivity index (χ0n) is 14.0. The first-order valence-electron chi connectivity index (χ1n) is 8.22. The molecule has 0 bridgehead atoms. The molecule has 5 heteroatoms. The van der Waals surface area contributed by atoms with Crippen LogP contribution in [-0.4, -0.2) is 5.91 Å². The Labute approximate surface area is 163 Å². The number of hydrogen-bond acceptors (Lipinski definition) is 2. The average Bonchev–Trinajstić information content (AvgIpc) is 2.62. The Balaban J connectivity index is 1.59. The molecule has 0 unspecified atom stereocenters. The van der Waals surface area contributed by atoms with Crippen LogP contribution in [0.1, 0.15) is 21.5 Å². The van der Waals surface area contributed by atoms with Crippen LogP contribution in [0, 0.1) is 0 Å². The van der Waals surface area contributed by atoms with Crippen molar-refractivity contribution in [3.05, 3.63) is 99.5 Å². The number of amides is 1. The topological polar surface area (TPSA) is 41.1 Å². The zero-order chi connectivity index (χ0) is 18.4. The van der Waals surface area contributed by atoms with Gasteiger partial charge in [-0.25, -0.2) is 0 Å². The number of nitrogens with one attached hydrogen (secondary N) is 2. The molecule has 0 aliphatic rings.